The molecule has 2 rings (SSSR count). The summed E-state index contributed by atoms with van der Waals surface area (Å²) in [7, 11) is -3.47. The van der Waals surface area contributed by atoms with Gasteiger partial charge in [0.25, 0.3) is 0 Å². The number of nitrogens with two attached hydrogens (primary N) is 1. The van der Waals surface area contributed by atoms with E-state index >= 15 is 0 Å². The van der Waals surface area contributed by atoms with Gasteiger partial charge in [0.15, 0.2) is 0 Å². The van der Waals surface area contributed by atoms with E-state index in [0.717, 1.165) is 6.42 Å². The van der Waals surface area contributed by atoms with Crippen molar-refractivity contribution >= 4 is 10.0 Å². The predicted molar refractivity (Wildman–Crippen MR) is 73.8 cm³/mol. The van der Waals surface area contributed by atoms with Crippen molar-refractivity contribution in [1.29, 1.82) is 0 Å². The summed E-state index contributed by atoms with van der Waals surface area (Å²) in [6.07, 6.45) is 2.47. The molecule has 2 unspecified atom stereocenters. The first-order valence-electron chi connectivity index (χ1n) is 6.61. The number of pyridine rings is 1. The summed E-state index contributed by atoms with van der Waals surface area (Å²) in [6, 6.07) is 3.23. The second kappa shape index (κ2) is 5.56. The average Bonchev–Trinajstić information content (AvgIpc) is 2.41. The maximum atomic E-state index is 12.6. The van der Waals surface area contributed by atoms with E-state index in [1.165, 1.54) is 0 Å². The largest absolute Gasteiger partial charge is 0.325 e. The summed E-state index contributed by atoms with van der Waals surface area (Å²) in [5.41, 5.74) is 6.02. The Kier molecular flexibility index (Phi) is 4.23. The third-order valence-corrected chi connectivity index (χ3v) is 5.90. The number of hydrogen-bond acceptors (Lipinski definition) is 4. The van der Waals surface area contributed by atoms with Crippen LogP contribution in [0.3, 0.4) is 0 Å². The molecule has 0 aliphatic carbocycles. The number of aromatic nitrogens is 1. The number of nitrogens with zero attached hydrogens (tertiary/aromatic N) is 2. The third-order valence-electron chi connectivity index (χ3n) is 3.96. The van der Waals surface area contributed by atoms with Crippen LogP contribution < -0.4 is 5.73 Å². The Balaban J connectivity index is 2.32. The molecule has 2 heterocycles. The van der Waals surface area contributed by atoms with Crippen LogP contribution in [0.4, 0.5) is 0 Å². The van der Waals surface area contributed by atoms with E-state index in [1.807, 2.05) is 0 Å². The van der Waals surface area contributed by atoms with E-state index in [1.54, 1.807) is 22.6 Å². The SMILES string of the molecule is CC1CCN(S(=O)(=O)c2cccnc2CN)CC1C. The van der Waals surface area contributed by atoms with E-state index in [2.05, 4.69) is 18.8 Å². The van der Waals surface area contributed by atoms with Gasteiger partial charge >= 0.3 is 0 Å². The minimum atomic E-state index is -3.47. The van der Waals surface area contributed by atoms with Crippen molar-refractivity contribution in [3.8, 4) is 0 Å². The molecule has 1 aliphatic rings. The molecule has 2 N–H and O–H groups in total. The van der Waals surface area contributed by atoms with Crippen LogP contribution in [0.5, 0.6) is 0 Å². The van der Waals surface area contributed by atoms with Gasteiger partial charge in [-0.15, -0.1) is 0 Å². The Morgan fingerprint density at radius 3 is 2.79 bits per heavy atom. The zero-order valence-corrected chi connectivity index (χ0v) is 12.2. The number of piperidine rings is 1. The second-order valence-corrected chi connectivity index (χ2v) is 7.17. The van der Waals surface area contributed by atoms with Crippen molar-refractivity contribution in [3.63, 3.8) is 0 Å². The molecule has 1 fully saturated rings. The Morgan fingerprint density at radius 1 is 1.42 bits per heavy atom. The van der Waals surface area contributed by atoms with Crippen molar-refractivity contribution in [2.75, 3.05) is 13.1 Å². The minimum absolute atomic E-state index is 0.134. The van der Waals surface area contributed by atoms with Crippen molar-refractivity contribution in [3.05, 3.63) is 24.0 Å². The average molecular weight is 283 g/mol. The highest BCUT2D eigenvalue weighted by molar-refractivity contribution is 7.89. The molecule has 1 saturated heterocycles. The van der Waals surface area contributed by atoms with Gasteiger partial charge in [-0.1, -0.05) is 13.8 Å². The van der Waals surface area contributed by atoms with Crippen molar-refractivity contribution < 1.29 is 8.42 Å². The Labute approximate surface area is 114 Å². The lowest BCUT2D eigenvalue weighted by molar-refractivity contribution is 0.212. The molecule has 6 heteroatoms. The fourth-order valence-electron chi connectivity index (χ4n) is 2.39. The molecule has 5 nitrogen and oxygen atoms in total. The van der Waals surface area contributed by atoms with E-state index in [-0.39, 0.29) is 11.4 Å². The van der Waals surface area contributed by atoms with Gasteiger partial charge in [-0.3, -0.25) is 4.98 Å². The lowest BCUT2D eigenvalue weighted by atomic mass is 9.90. The predicted octanol–water partition coefficient (Wildman–Crippen LogP) is 1.21. The monoisotopic (exact) mass is 283 g/mol. The third kappa shape index (κ3) is 2.80. The van der Waals surface area contributed by atoms with Crippen LogP contribution in [0.1, 0.15) is 26.0 Å². The zero-order valence-electron chi connectivity index (χ0n) is 11.4. The molecule has 0 aromatic carbocycles. The molecular formula is C13H21N3O2S. The number of rotatable bonds is 3. The first kappa shape index (κ1) is 14.4. The van der Waals surface area contributed by atoms with Gasteiger partial charge in [0.2, 0.25) is 10.0 Å². The fraction of sp³-hybridized carbons (Fsp3) is 0.615. The molecule has 0 amide bonds. The maximum absolute atomic E-state index is 12.6. The zero-order chi connectivity index (χ0) is 14.0. The molecule has 2 atom stereocenters. The normalized spacial score (nSPS) is 25.4. The van der Waals surface area contributed by atoms with E-state index in [4.69, 9.17) is 5.73 Å². The highest BCUT2D eigenvalue weighted by atomic mass is 32.2. The van der Waals surface area contributed by atoms with E-state index in [0.29, 0.717) is 30.6 Å². The summed E-state index contributed by atoms with van der Waals surface area (Å²) in [6.45, 7) is 5.55. The van der Waals surface area contributed by atoms with E-state index < -0.39 is 10.0 Å². The van der Waals surface area contributed by atoms with Crippen molar-refractivity contribution in [1.82, 2.24) is 9.29 Å². The summed E-state index contributed by atoms with van der Waals surface area (Å²) >= 11 is 0. The highest BCUT2D eigenvalue weighted by Crippen LogP contribution is 2.27. The van der Waals surface area contributed by atoms with Crippen LogP contribution in [0.2, 0.25) is 0 Å². The molecule has 1 aromatic heterocycles. The van der Waals surface area contributed by atoms with Gasteiger partial charge in [0.05, 0.1) is 5.69 Å². The Bertz CT molecular complexity index is 545. The summed E-state index contributed by atoms with van der Waals surface area (Å²) in [4.78, 5) is 4.31. The van der Waals surface area contributed by atoms with Crippen LogP contribution in [-0.4, -0.2) is 30.8 Å². The first-order chi connectivity index (χ1) is 8.96. The van der Waals surface area contributed by atoms with Crippen LogP contribution >= 0.6 is 0 Å². The van der Waals surface area contributed by atoms with Gasteiger partial charge in [0.1, 0.15) is 4.90 Å². The minimum Gasteiger partial charge on any atom is -0.325 e. The summed E-state index contributed by atoms with van der Waals surface area (Å²) in [5, 5.41) is 0. The van der Waals surface area contributed by atoms with Gasteiger partial charge in [-0.25, -0.2) is 8.42 Å². The molecule has 19 heavy (non-hydrogen) atoms. The molecular weight excluding hydrogens is 262 g/mol. The van der Waals surface area contributed by atoms with Crippen LogP contribution in [-0.2, 0) is 16.6 Å². The van der Waals surface area contributed by atoms with Crippen LogP contribution in [0.15, 0.2) is 23.2 Å². The van der Waals surface area contributed by atoms with Crippen LogP contribution in [0, 0.1) is 11.8 Å². The number of hydrogen-bond donors (Lipinski definition) is 1. The summed E-state index contributed by atoms with van der Waals surface area (Å²) in [5.74, 6) is 0.941. The summed E-state index contributed by atoms with van der Waals surface area (Å²) < 4.78 is 26.9. The van der Waals surface area contributed by atoms with Gasteiger partial charge in [0, 0.05) is 25.8 Å². The Hall–Kier alpha value is -0.980. The first-order valence-corrected chi connectivity index (χ1v) is 8.05. The molecule has 0 radical (unpaired) electrons. The fourth-order valence-corrected chi connectivity index (χ4v) is 4.13. The quantitative estimate of drug-likeness (QED) is 0.904. The van der Waals surface area contributed by atoms with Crippen molar-refractivity contribution in [2.45, 2.75) is 31.7 Å². The Morgan fingerprint density at radius 2 is 2.16 bits per heavy atom. The van der Waals surface area contributed by atoms with Gasteiger partial charge in [-0.2, -0.15) is 4.31 Å². The second-order valence-electron chi connectivity index (χ2n) is 5.26. The lowest BCUT2D eigenvalue weighted by Gasteiger charge is -2.34. The van der Waals surface area contributed by atoms with Gasteiger partial charge < -0.3 is 5.73 Å². The molecule has 0 bridgehead atoms. The smallest absolute Gasteiger partial charge is 0.244 e. The number of sulfonamides is 1. The molecule has 106 valence electrons. The molecule has 1 aliphatic heterocycles. The molecule has 0 saturated carbocycles. The topological polar surface area (TPSA) is 76.3 Å². The van der Waals surface area contributed by atoms with Gasteiger partial charge in [-0.05, 0) is 30.4 Å². The van der Waals surface area contributed by atoms with Crippen molar-refractivity contribution in [2.24, 2.45) is 17.6 Å². The maximum Gasteiger partial charge on any atom is 0.244 e. The van der Waals surface area contributed by atoms with Crippen LogP contribution in [0.25, 0.3) is 0 Å². The van der Waals surface area contributed by atoms with E-state index in [9.17, 15) is 8.42 Å². The molecule has 1 aromatic rings. The molecule has 0 spiro atoms. The standard InChI is InChI=1S/C13H21N3O2S/c1-10-5-7-16(9-11(10)2)19(17,18)13-4-3-6-15-12(13)8-14/h3-4,6,10-11H,5,7-9,14H2,1-2H3. The highest BCUT2D eigenvalue weighted by Gasteiger charge is 2.32. The lowest BCUT2D eigenvalue weighted by Crippen LogP contribution is -2.42.